The van der Waals surface area contributed by atoms with Crippen LogP contribution >= 0.6 is 0 Å². The van der Waals surface area contributed by atoms with Gasteiger partial charge in [-0.1, -0.05) is 42.5 Å². The van der Waals surface area contributed by atoms with Crippen LogP contribution in [0.1, 0.15) is 29.2 Å². The van der Waals surface area contributed by atoms with Gasteiger partial charge in [0.25, 0.3) is 0 Å². The van der Waals surface area contributed by atoms with E-state index in [2.05, 4.69) is 11.2 Å². The van der Waals surface area contributed by atoms with Crippen LogP contribution < -0.4 is 5.01 Å². The molecule has 0 N–H and O–H groups in total. The Bertz CT molecular complexity index is 1040. The lowest BCUT2D eigenvalue weighted by atomic mass is 9.98. The average molecular weight is 359 g/mol. The van der Waals surface area contributed by atoms with Crippen molar-refractivity contribution in [3.05, 3.63) is 101 Å². The predicted molar refractivity (Wildman–Crippen MR) is 100 cm³/mol. The quantitative estimate of drug-likeness (QED) is 0.645. The highest BCUT2D eigenvalue weighted by Crippen LogP contribution is 2.37. The number of hydrazone groups is 1. The molecule has 0 saturated carbocycles. The normalized spacial score (nSPS) is 16.1. The number of anilines is 1. The number of benzene rings is 3. The Kier molecular flexibility index (Phi) is 4.39. The fourth-order valence-corrected chi connectivity index (χ4v) is 3.25. The first-order valence-corrected chi connectivity index (χ1v) is 8.53. The van der Waals surface area contributed by atoms with Gasteiger partial charge in [-0.15, -0.1) is 0 Å². The molecule has 1 heterocycles. The molecule has 0 saturated heterocycles. The molecular formula is C22H15F2N3. The molecule has 5 heteroatoms. The van der Waals surface area contributed by atoms with Crippen LogP contribution in [0.2, 0.25) is 0 Å². The van der Waals surface area contributed by atoms with Crippen LogP contribution in [0.15, 0.2) is 77.9 Å². The molecule has 0 fully saturated rings. The molecule has 132 valence electrons. The van der Waals surface area contributed by atoms with Gasteiger partial charge < -0.3 is 0 Å². The van der Waals surface area contributed by atoms with E-state index in [0.717, 1.165) is 22.9 Å². The van der Waals surface area contributed by atoms with E-state index in [4.69, 9.17) is 5.26 Å². The molecule has 0 aliphatic carbocycles. The van der Waals surface area contributed by atoms with Crippen molar-refractivity contribution in [2.45, 2.75) is 12.5 Å². The monoisotopic (exact) mass is 359 g/mol. The van der Waals surface area contributed by atoms with E-state index in [1.165, 1.54) is 12.1 Å². The molecule has 0 aromatic heterocycles. The van der Waals surface area contributed by atoms with Gasteiger partial charge in [-0.2, -0.15) is 10.4 Å². The molecule has 1 atom stereocenters. The number of nitriles is 1. The minimum atomic E-state index is -0.652. The lowest BCUT2D eigenvalue weighted by Gasteiger charge is -2.24. The molecule has 0 radical (unpaired) electrons. The van der Waals surface area contributed by atoms with Crippen LogP contribution in [0.4, 0.5) is 14.5 Å². The molecule has 0 unspecified atom stereocenters. The topological polar surface area (TPSA) is 39.4 Å². The second kappa shape index (κ2) is 7.00. The molecule has 0 amide bonds. The number of halogens is 2. The summed E-state index contributed by atoms with van der Waals surface area (Å²) < 4.78 is 27.8. The van der Waals surface area contributed by atoms with Gasteiger partial charge in [0.2, 0.25) is 0 Å². The summed E-state index contributed by atoms with van der Waals surface area (Å²) in [7, 11) is 0. The Morgan fingerprint density at radius 1 is 0.963 bits per heavy atom. The standard InChI is InChI=1S/C22H15F2N3/c23-18-10-11-21(19(24)12-18)27-22(17-4-2-1-3-5-17)13-20(26-27)16-8-6-15(14-25)7-9-16/h1-12,22H,13H2/t22-/m0/s1. The largest absolute Gasteiger partial charge is 0.254 e. The second-order valence-electron chi connectivity index (χ2n) is 6.31. The van der Waals surface area contributed by atoms with Gasteiger partial charge in [0.05, 0.1) is 29.1 Å². The molecule has 0 bridgehead atoms. The van der Waals surface area contributed by atoms with Gasteiger partial charge in [-0.25, -0.2) is 8.78 Å². The van der Waals surface area contributed by atoms with Crippen molar-refractivity contribution in [1.29, 1.82) is 5.26 Å². The number of nitrogens with zero attached hydrogens (tertiary/aromatic N) is 3. The Morgan fingerprint density at radius 2 is 1.70 bits per heavy atom. The Labute approximate surface area is 155 Å². The summed E-state index contributed by atoms with van der Waals surface area (Å²) in [6.07, 6.45) is 0.576. The third-order valence-corrected chi connectivity index (χ3v) is 4.60. The van der Waals surface area contributed by atoms with Crippen molar-refractivity contribution in [3.8, 4) is 6.07 Å². The van der Waals surface area contributed by atoms with E-state index in [-0.39, 0.29) is 11.7 Å². The van der Waals surface area contributed by atoms with Crippen LogP contribution in [-0.2, 0) is 0 Å². The first-order chi connectivity index (χ1) is 13.2. The van der Waals surface area contributed by atoms with Crippen LogP contribution in [0.5, 0.6) is 0 Å². The number of hydrogen-bond donors (Lipinski definition) is 0. The zero-order valence-corrected chi connectivity index (χ0v) is 14.3. The second-order valence-corrected chi connectivity index (χ2v) is 6.31. The van der Waals surface area contributed by atoms with Crippen LogP contribution in [0.3, 0.4) is 0 Å². The fourth-order valence-electron chi connectivity index (χ4n) is 3.25. The maximum absolute atomic E-state index is 14.4. The summed E-state index contributed by atoms with van der Waals surface area (Å²) in [5, 5.41) is 15.2. The molecular weight excluding hydrogens is 344 g/mol. The highest BCUT2D eigenvalue weighted by Gasteiger charge is 2.31. The molecule has 4 rings (SSSR count). The van der Waals surface area contributed by atoms with Crippen LogP contribution in [-0.4, -0.2) is 5.71 Å². The Hall–Kier alpha value is -3.52. The summed E-state index contributed by atoms with van der Waals surface area (Å²) in [4.78, 5) is 0. The summed E-state index contributed by atoms with van der Waals surface area (Å²) in [6, 6.07) is 22.2. The van der Waals surface area contributed by atoms with E-state index in [1.54, 1.807) is 17.1 Å². The van der Waals surface area contributed by atoms with E-state index in [9.17, 15) is 8.78 Å². The molecule has 1 aliphatic heterocycles. The minimum Gasteiger partial charge on any atom is -0.254 e. The van der Waals surface area contributed by atoms with E-state index in [0.29, 0.717) is 12.0 Å². The van der Waals surface area contributed by atoms with Crippen molar-refractivity contribution in [1.82, 2.24) is 0 Å². The van der Waals surface area contributed by atoms with Crippen molar-refractivity contribution in [3.63, 3.8) is 0 Å². The maximum atomic E-state index is 14.4. The summed E-state index contributed by atoms with van der Waals surface area (Å²) in [6.45, 7) is 0. The third-order valence-electron chi connectivity index (χ3n) is 4.60. The van der Waals surface area contributed by atoms with Crippen molar-refractivity contribution >= 4 is 11.4 Å². The molecule has 3 aromatic carbocycles. The van der Waals surface area contributed by atoms with Crippen LogP contribution in [0.25, 0.3) is 0 Å². The van der Waals surface area contributed by atoms with Crippen molar-refractivity contribution < 1.29 is 8.78 Å². The molecule has 1 aliphatic rings. The fraction of sp³-hybridized carbons (Fsp3) is 0.0909. The summed E-state index contributed by atoms with van der Waals surface area (Å²) in [5.41, 5.74) is 3.46. The molecule has 3 aromatic rings. The van der Waals surface area contributed by atoms with Crippen molar-refractivity contribution in [2.75, 3.05) is 5.01 Å². The van der Waals surface area contributed by atoms with E-state index in [1.807, 2.05) is 42.5 Å². The first kappa shape index (κ1) is 16.9. The van der Waals surface area contributed by atoms with Gasteiger partial charge in [-0.3, -0.25) is 5.01 Å². The smallest absolute Gasteiger partial charge is 0.151 e. The number of hydrogen-bond acceptors (Lipinski definition) is 3. The van der Waals surface area contributed by atoms with Gasteiger partial charge in [0.15, 0.2) is 5.82 Å². The van der Waals surface area contributed by atoms with Crippen LogP contribution in [0, 0.1) is 23.0 Å². The van der Waals surface area contributed by atoms with Crippen molar-refractivity contribution in [2.24, 2.45) is 5.10 Å². The predicted octanol–water partition coefficient (Wildman–Crippen LogP) is 5.19. The Morgan fingerprint density at radius 3 is 2.37 bits per heavy atom. The zero-order valence-electron chi connectivity index (χ0n) is 14.3. The minimum absolute atomic E-state index is 0.197. The molecule has 3 nitrogen and oxygen atoms in total. The average Bonchev–Trinajstić information content (AvgIpc) is 3.14. The maximum Gasteiger partial charge on any atom is 0.151 e. The Balaban J connectivity index is 1.77. The van der Waals surface area contributed by atoms with E-state index >= 15 is 0 Å². The van der Waals surface area contributed by atoms with Gasteiger partial charge in [0.1, 0.15) is 5.82 Å². The van der Waals surface area contributed by atoms with E-state index < -0.39 is 11.6 Å². The van der Waals surface area contributed by atoms with Gasteiger partial charge in [0, 0.05) is 12.5 Å². The SMILES string of the molecule is N#Cc1ccc(C2=NN(c3ccc(F)cc3F)[C@H](c3ccccc3)C2)cc1. The third kappa shape index (κ3) is 3.30. The highest BCUT2D eigenvalue weighted by atomic mass is 19.1. The highest BCUT2D eigenvalue weighted by molar-refractivity contribution is 6.03. The molecule has 27 heavy (non-hydrogen) atoms. The molecule has 0 spiro atoms. The number of rotatable bonds is 3. The summed E-state index contributed by atoms with van der Waals surface area (Å²) in [5.74, 6) is -1.27. The summed E-state index contributed by atoms with van der Waals surface area (Å²) >= 11 is 0. The van der Waals surface area contributed by atoms with Gasteiger partial charge >= 0.3 is 0 Å². The first-order valence-electron chi connectivity index (χ1n) is 8.53. The van der Waals surface area contributed by atoms with Gasteiger partial charge in [-0.05, 0) is 35.4 Å². The zero-order chi connectivity index (χ0) is 18.8. The lowest BCUT2D eigenvalue weighted by molar-refractivity contribution is 0.573. The lowest BCUT2D eigenvalue weighted by Crippen LogP contribution is -2.19.